The fraction of sp³-hybridized carbons (Fsp3) is 0.625. The van der Waals surface area contributed by atoms with Crippen LogP contribution in [0.4, 0.5) is 11.4 Å². The minimum atomic E-state index is 0.0451. The molecule has 0 spiro atoms. The molecule has 7 nitrogen and oxygen atoms in total. The van der Waals surface area contributed by atoms with Gasteiger partial charge in [0.25, 0.3) is 0 Å². The Kier molecular flexibility index (Phi) is 11.5. The maximum absolute atomic E-state index is 11.9. The van der Waals surface area contributed by atoms with E-state index in [1.165, 1.54) is 18.5 Å². The van der Waals surface area contributed by atoms with Crippen LogP contribution in [0.3, 0.4) is 0 Å². The molecule has 0 aliphatic carbocycles. The lowest BCUT2D eigenvalue weighted by molar-refractivity contribution is -0.117. The van der Waals surface area contributed by atoms with Gasteiger partial charge in [-0.1, -0.05) is 26.5 Å². The predicted molar refractivity (Wildman–Crippen MR) is 165 cm³/mol. The van der Waals surface area contributed by atoms with Crippen molar-refractivity contribution in [3.63, 3.8) is 0 Å². The number of nitrogens with zero attached hydrogens (tertiary/aromatic N) is 4. The second kappa shape index (κ2) is 14.5. The Hall–Kier alpha value is -2.80. The monoisotopic (exact) mass is 537 g/mol. The van der Waals surface area contributed by atoms with Crippen LogP contribution in [0, 0.1) is 0 Å². The zero-order chi connectivity index (χ0) is 28.5. The highest BCUT2D eigenvalue weighted by Crippen LogP contribution is 2.34. The zero-order valence-corrected chi connectivity index (χ0v) is 25.4. The van der Waals surface area contributed by atoms with Gasteiger partial charge in [-0.05, 0) is 91.1 Å². The predicted octanol–water partition coefficient (Wildman–Crippen LogP) is 6.48. The quantitative estimate of drug-likeness (QED) is 0.243. The summed E-state index contributed by atoms with van der Waals surface area (Å²) in [6.07, 6.45) is 7.10. The van der Waals surface area contributed by atoms with E-state index in [2.05, 4.69) is 85.5 Å². The molecule has 0 saturated carbocycles. The number of carbonyl (C=O) groups is 1. The molecule has 1 aromatic rings. The molecule has 0 radical (unpaired) electrons. The van der Waals surface area contributed by atoms with Gasteiger partial charge in [0.2, 0.25) is 0 Å². The number of anilines is 2. The average Bonchev–Trinajstić information content (AvgIpc) is 3.35. The van der Waals surface area contributed by atoms with Crippen molar-refractivity contribution in [1.82, 2.24) is 9.80 Å². The molecule has 1 atom stereocenters. The first-order valence-corrected chi connectivity index (χ1v) is 14.9. The van der Waals surface area contributed by atoms with Gasteiger partial charge in [0.05, 0.1) is 11.8 Å². The third-order valence-electron chi connectivity index (χ3n) is 7.96. The molecule has 0 aromatic heterocycles. The minimum Gasteiger partial charge on any atom is -0.489 e. The van der Waals surface area contributed by atoms with E-state index in [-0.39, 0.29) is 17.9 Å². The molecule has 2 saturated heterocycles. The molecule has 1 aromatic carbocycles. The first-order chi connectivity index (χ1) is 18.7. The fourth-order valence-electron chi connectivity index (χ4n) is 5.87. The number of amidine groups is 1. The summed E-state index contributed by atoms with van der Waals surface area (Å²) in [7, 11) is 0. The number of aliphatic imine (C=N–C) groups is 1. The molecule has 0 bridgehead atoms. The maximum Gasteiger partial charge on any atom is 0.145 e. The van der Waals surface area contributed by atoms with E-state index < -0.39 is 0 Å². The van der Waals surface area contributed by atoms with Crippen LogP contribution in [0.15, 0.2) is 47.2 Å². The lowest BCUT2D eigenvalue weighted by Gasteiger charge is -2.39. The van der Waals surface area contributed by atoms with Gasteiger partial charge in [-0.3, -0.25) is 4.79 Å². The Balaban J connectivity index is 1.79. The Morgan fingerprint density at radius 3 is 2.46 bits per heavy atom. The van der Waals surface area contributed by atoms with Crippen molar-refractivity contribution in [3.8, 4) is 5.75 Å². The molecule has 0 amide bonds. The van der Waals surface area contributed by atoms with Crippen molar-refractivity contribution in [2.24, 2.45) is 4.99 Å². The van der Waals surface area contributed by atoms with Crippen LogP contribution in [0.5, 0.6) is 5.75 Å². The zero-order valence-electron chi connectivity index (χ0n) is 25.4. The van der Waals surface area contributed by atoms with Crippen LogP contribution in [0.2, 0.25) is 0 Å². The van der Waals surface area contributed by atoms with E-state index in [0.29, 0.717) is 18.3 Å². The number of nitrogens with one attached hydrogen (secondary N) is 1. The van der Waals surface area contributed by atoms with Crippen molar-refractivity contribution in [3.05, 3.63) is 42.2 Å². The molecule has 216 valence electrons. The number of benzene rings is 1. The third kappa shape index (κ3) is 8.34. The molecular formula is C32H51N5O2. The van der Waals surface area contributed by atoms with Gasteiger partial charge in [0.15, 0.2) is 0 Å². The Labute approximate surface area is 237 Å². The van der Waals surface area contributed by atoms with E-state index in [4.69, 9.17) is 9.73 Å². The highest BCUT2D eigenvalue weighted by Gasteiger charge is 2.29. The molecule has 2 heterocycles. The maximum atomic E-state index is 11.9. The molecule has 1 N–H and O–H groups in total. The summed E-state index contributed by atoms with van der Waals surface area (Å²) >= 11 is 0. The standard InChI is InChI=1S/C32H51N5O2/c1-9-24(6)32(37-18-12-13-29(37)21-25(7)38)34-26(8)33-30-15-14-28(22-31(30)39-23(4)5)36-19-16-27(17-20-36)35(10-2)11-3/h9,14-15,22-23,27,29,33H,8,10-13,16-21H2,1-7H3/b24-9-,34-32?/t29-/m0/s1. The van der Waals surface area contributed by atoms with Crippen molar-refractivity contribution in [1.29, 1.82) is 0 Å². The summed E-state index contributed by atoms with van der Waals surface area (Å²) < 4.78 is 6.26. The number of hydrogen-bond acceptors (Lipinski definition) is 6. The summed E-state index contributed by atoms with van der Waals surface area (Å²) in [4.78, 5) is 24.2. The summed E-state index contributed by atoms with van der Waals surface area (Å²) in [5.41, 5.74) is 3.13. The number of hydrogen-bond donors (Lipinski definition) is 1. The van der Waals surface area contributed by atoms with Gasteiger partial charge in [-0.25, -0.2) is 4.99 Å². The van der Waals surface area contributed by atoms with E-state index in [0.717, 1.165) is 68.4 Å². The molecule has 2 fully saturated rings. The van der Waals surface area contributed by atoms with E-state index >= 15 is 0 Å². The van der Waals surface area contributed by atoms with Crippen LogP contribution < -0.4 is 15.0 Å². The Morgan fingerprint density at radius 2 is 1.87 bits per heavy atom. The van der Waals surface area contributed by atoms with Crippen LogP contribution in [0.1, 0.15) is 80.6 Å². The number of piperidine rings is 1. The molecule has 7 heteroatoms. The normalized spacial score (nSPS) is 19.3. The summed E-state index contributed by atoms with van der Waals surface area (Å²) in [6, 6.07) is 7.27. The molecule has 3 rings (SSSR count). The second-order valence-corrected chi connectivity index (χ2v) is 11.2. The average molecular weight is 538 g/mol. The first-order valence-electron chi connectivity index (χ1n) is 14.9. The van der Waals surface area contributed by atoms with Crippen molar-refractivity contribution in [2.75, 3.05) is 42.9 Å². The van der Waals surface area contributed by atoms with Crippen LogP contribution >= 0.6 is 0 Å². The number of rotatable bonds is 12. The van der Waals surface area contributed by atoms with Crippen LogP contribution in [-0.2, 0) is 4.79 Å². The number of ketones is 1. The third-order valence-corrected chi connectivity index (χ3v) is 7.96. The van der Waals surface area contributed by atoms with Gasteiger partial charge >= 0.3 is 0 Å². The molecular weight excluding hydrogens is 486 g/mol. The van der Waals surface area contributed by atoms with E-state index in [1.54, 1.807) is 6.92 Å². The van der Waals surface area contributed by atoms with Gasteiger partial charge in [-0.2, -0.15) is 0 Å². The number of likely N-dealkylation sites (tertiary alicyclic amines) is 1. The highest BCUT2D eigenvalue weighted by molar-refractivity contribution is 5.99. The topological polar surface area (TPSA) is 60.4 Å². The number of allylic oxidation sites excluding steroid dienone is 1. The molecule has 39 heavy (non-hydrogen) atoms. The van der Waals surface area contributed by atoms with Crippen LogP contribution in [0.25, 0.3) is 0 Å². The number of ether oxygens (including phenoxy) is 1. The summed E-state index contributed by atoms with van der Waals surface area (Å²) in [6.45, 7) is 23.9. The van der Waals surface area contributed by atoms with E-state index in [9.17, 15) is 4.79 Å². The smallest absolute Gasteiger partial charge is 0.145 e. The number of carbonyl (C=O) groups excluding carboxylic acids is 1. The largest absolute Gasteiger partial charge is 0.489 e. The SMILES string of the molecule is C=C(N=C(/C(C)=C\C)N1CCC[C@H]1CC(C)=O)Nc1ccc(N2CCC(N(CC)CC)CC2)cc1OC(C)C. The molecule has 2 aliphatic heterocycles. The van der Waals surface area contributed by atoms with Gasteiger partial charge < -0.3 is 24.8 Å². The number of Topliss-reactive ketones (excluding diaryl/α,β-unsaturated/α-hetero) is 1. The van der Waals surface area contributed by atoms with Crippen LogP contribution in [-0.4, -0.2) is 72.3 Å². The minimum absolute atomic E-state index is 0.0451. The van der Waals surface area contributed by atoms with Crippen molar-refractivity contribution < 1.29 is 9.53 Å². The lowest BCUT2D eigenvalue weighted by atomic mass is 10.0. The van der Waals surface area contributed by atoms with E-state index in [1.807, 2.05) is 6.92 Å². The summed E-state index contributed by atoms with van der Waals surface area (Å²) in [5, 5.41) is 3.42. The first kappa shape index (κ1) is 30.7. The molecule has 2 aliphatic rings. The Bertz CT molecular complexity index is 1030. The second-order valence-electron chi connectivity index (χ2n) is 11.2. The highest BCUT2D eigenvalue weighted by atomic mass is 16.5. The van der Waals surface area contributed by atoms with Crippen molar-refractivity contribution in [2.45, 2.75) is 98.8 Å². The van der Waals surface area contributed by atoms with Gasteiger partial charge in [0.1, 0.15) is 23.2 Å². The summed E-state index contributed by atoms with van der Waals surface area (Å²) in [5.74, 6) is 2.47. The molecule has 0 unspecified atom stereocenters. The Morgan fingerprint density at radius 1 is 1.18 bits per heavy atom. The fourth-order valence-corrected chi connectivity index (χ4v) is 5.87. The lowest BCUT2D eigenvalue weighted by Crippen LogP contribution is -2.44. The van der Waals surface area contributed by atoms with Gasteiger partial charge in [-0.15, -0.1) is 0 Å². The van der Waals surface area contributed by atoms with Gasteiger partial charge in [0, 0.05) is 49.9 Å². The van der Waals surface area contributed by atoms with Crippen molar-refractivity contribution >= 4 is 23.0 Å².